The monoisotopic (exact) mass is 250 g/mol. The van der Waals surface area contributed by atoms with Crippen LogP contribution in [0.15, 0.2) is 42.5 Å². The van der Waals surface area contributed by atoms with Crippen LogP contribution in [0.5, 0.6) is 5.75 Å². The lowest BCUT2D eigenvalue weighted by Crippen LogP contribution is -2.24. The number of rotatable bonds is 2. The minimum Gasteiger partial charge on any atom is -0.508 e. The fraction of sp³-hybridized carbons (Fsp3) is 0.143. The van der Waals surface area contributed by atoms with E-state index in [4.69, 9.17) is 0 Å². The number of benzene rings is 2. The van der Waals surface area contributed by atoms with Gasteiger partial charge in [-0.15, -0.1) is 0 Å². The van der Waals surface area contributed by atoms with Crippen molar-refractivity contribution in [2.45, 2.75) is 12.5 Å². The zero-order chi connectivity index (χ0) is 13.3. The summed E-state index contributed by atoms with van der Waals surface area (Å²) in [7, 11) is 0. The highest BCUT2D eigenvalue weighted by atomic mass is 19.1. The van der Waals surface area contributed by atoms with E-state index in [0.29, 0.717) is 5.56 Å². The zero-order valence-corrected chi connectivity index (χ0v) is 9.69. The van der Waals surface area contributed by atoms with Gasteiger partial charge in [0.15, 0.2) is 0 Å². The summed E-state index contributed by atoms with van der Waals surface area (Å²) in [6.45, 7) is 1.37. The first-order valence-electron chi connectivity index (χ1n) is 5.38. The molecule has 1 atom stereocenters. The van der Waals surface area contributed by atoms with Crippen LogP contribution in [0, 0.1) is 11.6 Å². The Hall–Kier alpha value is -1.94. The maximum Gasteiger partial charge on any atom is 0.129 e. The van der Waals surface area contributed by atoms with Crippen LogP contribution in [0.2, 0.25) is 0 Å². The number of halogens is 2. The third-order valence-electron chi connectivity index (χ3n) is 2.88. The Morgan fingerprint density at radius 1 is 1.00 bits per heavy atom. The third kappa shape index (κ3) is 2.19. The van der Waals surface area contributed by atoms with Crippen LogP contribution in [0.1, 0.15) is 18.1 Å². The predicted molar refractivity (Wildman–Crippen MR) is 63.1 cm³/mol. The summed E-state index contributed by atoms with van der Waals surface area (Å²) in [5.74, 6) is -1.27. The fourth-order valence-corrected chi connectivity index (χ4v) is 1.81. The molecule has 2 aromatic rings. The first-order chi connectivity index (χ1) is 8.41. The highest BCUT2D eigenvalue weighted by Crippen LogP contribution is 2.32. The smallest absolute Gasteiger partial charge is 0.129 e. The molecule has 0 aliphatic carbocycles. The molecule has 0 spiro atoms. The summed E-state index contributed by atoms with van der Waals surface area (Å²) in [5, 5.41) is 19.5. The summed E-state index contributed by atoms with van der Waals surface area (Å²) in [6, 6.07) is 8.59. The van der Waals surface area contributed by atoms with Gasteiger partial charge in [0.2, 0.25) is 0 Å². The van der Waals surface area contributed by atoms with Crippen LogP contribution >= 0.6 is 0 Å². The van der Waals surface area contributed by atoms with Crippen LogP contribution in [-0.4, -0.2) is 10.2 Å². The molecule has 2 N–H and O–H groups in total. The Labute approximate surface area is 103 Å². The van der Waals surface area contributed by atoms with E-state index in [1.807, 2.05) is 0 Å². The van der Waals surface area contributed by atoms with E-state index in [0.717, 1.165) is 18.2 Å². The van der Waals surface area contributed by atoms with Crippen molar-refractivity contribution in [3.8, 4) is 5.75 Å². The number of phenols is 1. The van der Waals surface area contributed by atoms with Crippen LogP contribution in [0.3, 0.4) is 0 Å². The average Bonchev–Trinajstić information content (AvgIpc) is 2.32. The molecular formula is C14H12F2O2. The molecule has 18 heavy (non-hydrogen) atoms. The van der Waals surface area contributed by atoms with Gasteiger partial charge in [0.05, 0.1) is 0 Å². The predicted octanol–water partition coefficient (Wildman–Crippen LogP) is 2.93. The normalized spacial score (nSPS) is 14.2. The molecule has 0 saturated carbocycles. The fourth-order valence-electron chi connectivity index (χ4n) is 1.81. The number of hydrogen-bond acceptors (Lipinski definition) is 2. The maximum atomic E-state index is 13.7. The van der Waals surface area contributed by atoms with Gasteiger partial charge in [-0.1, -0.05) is 12.1 Å². The van der Waals surface area contributed by atoms with Crippen molar-refractivity contribution in [1.29, 1.82) is 0 Å². The summed E-state index contributed by atoms with van der Waals surface area (Å²) >= 11 is 0. The highest BCUT2D eigenvalue weighted by molar-refractivity contribution is 5.38. The SMILES string of the molecule is CC(O)(c1ccc(O)cc1)c1cc(F)ccc1F. The summed E-state index contributed by atoms with van der Waals surface area (Å²) in [5.41, 5.74) is -1.45. The van der Waals surface area contributed by atoms with Crippen molar-refractivity contribution in [2.24, 2.45) is 0 Å². The third-order valence-corrected chi connectivity index (χ3v) is 2.88. The van der Waals surface area contributed by atoms with Gasteiger partial charge in [0.25, 0.3) is 0 Å². The molecule has 94 valence electrons. The van der Waals surface area contributed by atoms with Crippen molar-refractivity contribution in [3.05, 3.63) is 65.2 Å². The molecule has 0 saturated heterocycles. The van der Waals surface area contributed by atoms with E-state index in [-0.39, 0.29) is 11.3 Å². The van der Waals surface area contributed by atoms with Crippen LogP contribution in [0.4, 0.5) is 8.78 Å². The molecule has 0 fully saturated rings. The molecule has 4 heteroatoms. The molecule has 0 bridgehead atoms. The summed E-state index contributed by atoms with van der Waals surface area (Å²) in [4.78, 5) is 0. The van der Waals surface area contributed by atoms with Gasteiger partial charge in [-0.3, -0.25) is 0 Å². The van der Waals surface area contributed by atoms with Crippen LogP contribution in [0.25, 0.3) is 0 Å². The van der Waals surface area contributed by atoms with E-state index in [2.05, 4.69) is 0 Å². The lowest BCUT2D eigenvalue weighted by Gasteiger charge is -2.25. The Morgan fingerprint density at radius 2 is 1.61 bits per heavy atom. The first-order valence-corrected chi connectivity index (χ1v) is 5.38. The standard InChI is InChI=1S/C14H12F2O2/c1-14(18,9-2-5-11(17)6-3-9)12-8-10(15)4-7-13(12)16/h2-8,17-18H,1H3. The molecule has 2 aromatic carbocycles. The molecule has 2 rings (SSSR count). The van der Waals surface area contributed by atoms with Crippen molar-refractivity contribution < 1.29 is 19.0 Å². The largest absolute Gasteiger partial charge is 0.508 e. The van der Waals surface area contributed by atoms with E-state index >= 15 is 0 Å². The zero-order valence-electron chi connectivity index (χ0n) is 9.69. The molecule has 0 amide bonds. The lowest BCUT2D eigenvalue weighted by atomic mass is 9.88. The summed E-state index contributed by atoms with van der Waals surface area (Å²) < 4.78 is 26.8. The Bertz CT molecular complexity index is 563. The first kappa shape index (κ1) is 12.5. The average molecular weight is 250 g/mol. The van der Waals surface area contributed by atoms with Gasteiger partial charge in [-0.25, -0.2) is 8.78 Å². The molecule has 2 nitrogen and oxygen atoms in total. The van der Waals surface area contributed by atoms with E-state index in [9.17, 15) is 19.0 Å². The van der Waals surface area contributed by atoms with Gasteiger partial charge in [0.1, 0.15) is 23.0 Å². The van der Waals surface area contributed by atoms with E-state index < -0.39 is 17.2 Å². The molecule has 0 aliphatic rings. The second-order valence-electron chi connectivity index (χ2n) is 4.24. The lowest BCUT2D eigenvalue weighted by molar-refractivity contribution is 0.0975. The van der Waals surface area contributed by atoms with Gasteiger partial charge in [0, 0.05) is 5.56 Å². The molecule has 0 aromatic heterocycles. The molecule has 1 unspecified atom stereocenters. The number of phenolic OH excluding ortho intramolecular Hbond substituents is 1. The minimum absolute atomic E-state index is 0.0364. The van der Waals surface area contributed by atoms with Crippen molar-refractivity contribution in [3.63, 3.8) is 0 Å². The Balaban J connectivity index is 2.53. The molecule has 0 aliphatic heterocycles. The Morgan fingerprint density at radius 3 is 2.22 bits per heavy atom. The molecule has 0 radical (unpaired) electrons. The number of hydrogen-bond donors (Lipinski definition) is 2. The topological polar surface area (TPSA) is 40.5 Å². The maximum absolute atomic E-state index is 13.7. The van der Waals surface area contributed by atoms with Gasteiger partial charge in [-0.05, 0) is 42.8 Å². The van der Waals surface area contributed by atoms with Crippen molar-refractivity contribution >= 4 is 0 Å². The number of aromatic hydroxyl groups is 1. The summed E-state index contributed by atoms with van der Waals surface area (Å²) in [6.07, 6.45) is 0. The molecule has 0 heterocycles. The minimum atomic E-state index is -1.67. The van der Waals surface area contributed by atoms with Crippen molar-refractivity contribution in [1.82, 2.24) is 0 Å². The van der Waals surface area contributed by atoms with Crippen molar-refractivity contribution in [2.75, 3.05) is 0 Å². The van der Waals surface area contributed by atoms with Gasteiger partial charge < -0.3 is 10.2 Å². The van der Waals surface area contributed by atoms with E-state index in [1.54, 1.807) is 0 Å². The Kier molecular flexibility index (Phi) is 3.05. The highest BCUT2D eigenvalue weighted by Gasteiger charge is 2.29. The second-order valence-corrected chi connectivity index (χ2v) is 4.24. The number of aliphatic hydroxyl groups is 1. The van der Waals surface area contributed by atoms with Gasteiger partial charge >= 0.3 is 0 Å². The van der Waals surface area contributed by atoms with Crippen LogP contribution in [-0.2, 0) is 5.60 Å². The van der Waals surface area contributed by atoms with Crippen LogP contribution < -0.4 is 0 Å². The quantitative estimate of drug-likeness (QED) is 0.860. The molecular weight excluding hydrogens is 238 g/mol. The van der Waals surface area contributed by atoms with Gasteiger partial charge in [-0.2, -0.15) is 0 Å². The van der Waals surface area contributed by atoms with E-state index in [1.165, 1.54) is 31.2 Å². The second kappa shape index (κ2) is 4.38.